The molecule has 2 aromatic carbocycles. The molecule has 0 spiro atoms. The van der Waals surface area contributed by atoms with E-state index in [1.165, 1.54) is 0 Å². The molecular formula is C22H26O5. The second-order valence-electron chi connectivity index (χ2n) is 7.05. The summed E-state index contributed by atoms with van der Waals surface area (Å²) < 4.78 is 24.4. The van der Waals surface area contributed by atoms with Crippen LogP contribution in [0.15, 0.2) is 60.7 Å². The summed E-state index contributed by atoms with van der Waals surface area (Å²) in [4.78, 5) is 0. The summed E-state index contributed by atoms with van der Waals surface area (Å²) in [5.41, 5.74) is 2.13. The predicted molar refractivity (Wildman–Crippen MR) is 100 cm³/mol. The van der Waals surface area contributed by atoms with Gasteiger partial charge in [-0.2, -0.15) is 0 Å². The van der Waals surface area contributed by atoms with Gasteiger partial charge in [0.05, 0.1) is 31.5 Å². The van der Waals surface area contributed by atoms with Crippen molar-refractivity contribution in [1.29, 1.82) is 0 Å². The summed E-state index contributed by atoms with van der Waals surface area (Å²) in [5.74, 6) is 0. The fourth-order valence-electron chi connectivity index (χ4n) is 3.72. The Hall–Kier alpha value is -1.76. The smallest absolute Gasteiger partial charge is 0.184 e. The maximum atomic E-state index is 9.41. The van der Waals surface area contributed by atoms with E-state index in [0.717, 1.165) is 17.5 Å². The van der Waals surface area contributed by atoms with E-state index in [0.29, 0.717) is 19.6 Å². The number of fused-ring (bicyclic) bond motifs is 1. The van der Waals surface area contributed by atoms with Gasteiger partial charge in [-0.3, -0.25) is 0 Å². The molecular weight excluding hydrogens is 344 g/mol. The molecule has 2 fully saturated rings. The number of hydrogen-bond donors (Lipinski definition) is 1. The third-order valence-corrected chi connectivity index (χ3v) is 5.15. The molecule has 0 bridgehead atoms. The summed E-state index contributed by atoms with van der Waals surface area (Å²) in [6.45, 7) is 1.08. The Morgan fingerprint density at radius 1 is 0.926 bits per heavy atom. The van der Waals surface area contributed by atoms with E-state index < -0.39 is 0 Å². The van der Waals surface area contributed by atoms with Crippen LogP contribution in [0.5, 0.6) is 0 Å². The highest BCUT2D eigenvalue weighted by molar-refractivity contribution is 5.16. The molecule has 27 heavy (non-hydrogen) atoms. The van der Waals surface area contributed by atoms with Crippen LogP contribution >= 0.6 is 0 Å². The van der Waals surface area contributed by atoms with Crippen LogP contribution < -0.4 is 0 Å². The van der Waals surface area contributed by atoms with Crippen molar-refractivity contribution in [3.8, 4) is 0 Å². The second-order valence-corrected chi connectivity index (χ2v) is 7.05. The van der Waals surface area contributed by atoms with E-state index in [1.807, 2.05) is 60.7 Å². The Balaban J connectivity index is 1.41. The summed E-state index contributed by atoms with van der Waals surface area (Å²) in [7, 11) is 0. The number of aliphatic hydroxyl groups excluding tert-OH is 1. The monoisotopic (exact) mass is 370 g/mol. The summed E-state index contributed by atoms with van der Waals surface area (Å²) in [5, 5.41) is 9.41. The molecule has 2 saturated heterocycles. The Kier molecular flexibility index (Phi) is 6.17. The first-order valence-electron chi connectivity index (χ1n) is 9.57. The van der Waals surface area contributed by atoms with Crippen molar-refractivity contribution in [3.63, 3.8) is 0 Å². The fraction of sp³-hybridized carbons (Fsp3) is 0.455. The highest BCUT2D eigenvalue weighted by Crippen LogP contribution is 2.35. The van der Waals surface area contributed by atoms with Crippen molar-refractivity contribution in [3.05, 3.63) is 71.8 Å². The Labute approximate surface area is 159 Å². The molecule has 0 amide bonds. The SMILES string of the molecule is OCC[C@@H]1O[C@@H]2CO[C@@H](c3ccccc3)O[C@H]2C[C@H]1OCc1ccccc1. The van der Waals surface area contributed by atoms with Gasteiger partial charge in [0.25, 0.3) is 0 Å². The number of rotatable bonds is 6. The van der Waals surface area contributed by atoms with Crippen LogP contribution in [0.3, 0.4) is 0 Å². The molecule has 5 nitrogen and oxygen atoms in total. The first-order chi connectivity index (χ1) is 13.3. The quantitative estimate of drug-likeness (QED) is 0.846. The van der Waals surface area contributed by atoms with Gasteiger partial charge in [0, 0.05) is 18.6 Å². The van der Waals surface area contributed by atoms with E-state index in [9.17, 15) is 5.11 Å². The number of aliphatic hydroxyl groups is 1. The molecule has 2 heterocycles. The fourth-order valence-corrected chi connectivity index (χ4v) is 3.72. The minimum Gasteiger partial charge on any atom is -0.396 e. The maximum absolute atomic E-state index is 9.41. The first kappa shape index (κ1) is 18.6. The third-order valence-electron chi connectivity index (χ3n) is 5.15. The molecule has 0 saturated carbocycles. The average molecular weight is 370 g/mol. The van der Waals surface area contributed by atoms with Crippen molar-refractivity contribution in [2.75, 3.05) is 13.2 Å². The van der Waals surface area contributed by atoms with Gasteiger partial charge in [0.2, 0.25) is 0 Å². The minimum absolute atomic E-state index is 0.0710. The van der Waals surface area contributed by atoms with Crippen LogP contribution in [-0.2, 0) is 25.6 Å². The van der Waals surface area contributed by atoms with Gasteiger partial charge in [0.15, 0.2) is 6.29 Å². The van der Waals surface area contributed by atoms with Crippen molar-refractivity contribution in [2.24, 2.45) is 0 Å². The molecule has 144 valence electrons. The predicted octanol–water partition coefficient (Wildman–Crippen LogP) is 3.23. The van der Waals surface area contributed by atoms with Crippen LogP contribution in [0, 0.1) is 0 Å². The van der Waals surface area contributed by atoms with E-state index in [-0.39, 0.29) is 37.3 Å². The van der Waals surface area contributed by atoms with Crippen molar-refractivity contribution < 1.29 is 24.1 Å². The van der Waals surface area contributed by atoms with Gasteiger partial charge >= 0.3 is 0 Å². The molecule has 2 aliphatic rings. The zero-order valence-electron chi connectivity index (χ0n) is 15.3. The van der Waals surface area contributed by atoms with Crippen LogP contribution in [0.1, 0.15) is 30.3 Å². The van der Waals surface area contributed by atoms with E-state index >= 15 is 0 Å². The highest BCUT2D eigenvalue weighted by atomic mass is 16.7. The van der Waals surface area contributed by atoms with E-state index in [1.54, 1.807) is 0 Å². The minimum atomic E-state index is -0.375. The summed E-state index contributed by atoms with van der Waals surface area (Å²) >= 11 is 0. The molecule has 2 aromatic rings. The average Bonchev–Trinajstić information content (AvgIpc) is 2.73. The molecule has 1 N–H and O–H groups in total. The number of benzene rings is 2. The summed E-state index contributed by atoms with van der Waals surface area (Å²) in [6, 6.07) is 20.0. The lowest BCUT2D eigenvalue weighted by molar-refractivity contribution is -0.306. The molecule has 0 unspecified atom stereocenters. The molecule has 0 radical (unpaired) electrons. The van der Waals surface area contributed by atoms with Gasteiger partial charge < -0.3 is 24.1 Å². The van der Waals surface area contributed by atoms with Crippen LogP contribution in [-0.4, -0.2) is 42.7 Å². The van der Waals surface area contributed by atoms with E-state index in [2.05, 4.69) is 0 Å². The van der Waals surface area contributed by atoms with E-state index in [4.69, 9.17) is 18.9 Å². The van der Waals surface area contributed by atoms with Gasteiger partial charge in [0.1, 0.15) is 6.10 Å². The topological polar surface area (TPSA) is 57.2 Å². The van der Waals surface area contributed by atoms with Gasteiger partial charge in [-0.1, -0.05) is 60.7 Å². The molecule has 5 heteroatoms. The normalized spacial score (nSPS) is 30.6. The Bertz CT molecular complexity index is 692. The molecule has 2 aliphatic heterocycles. The number of hydrogen-bond acceptors (Lipinski definition) is 5. The Morgan fingerprint density at radius 2 is 1.67 bits per heavy atom. The second kappa shape index (κ2) is 8.95. The van der Waals surface area contributed by atoms with Crippen LogP contribution in [0.25, 0.3) is 0 Å². The molecule has 5 atom stereocenters. The molecule has 0 aromatic heterocycles. The number of ether oxygens (including phenoxy) is 4. The zero-order valence-corrected chi connectivity index (χ0v) is 15.3. The van der Waals surface area contributed by atoms with Crippen LogP contribution in [0.4, 0.5) is 0 Å². The molecule has 4 rings (SSSR count). The van der Waals surface area contributed by atoms with Gasteiger partial charge in [-0.15, -0.1) is 0 Å². The highest BCUT2D eigenvalue weighted by Gasteiger charge is 2.43. The van der Waals surface area contributed by atoms with Crippen molar-refractivity contribution >= 4 is 0 Å². The van der Waals surface area contributed by atoms with Gasteiger partial charge in [-0.05, 0) is 12.0 Å². The maximum Gasteiger partial charge on any atom is 0.184 e. The first-order valence-corrected chi connectivity index (χ1v) is 9.57. The van der Waals surface area contributed by atoms with Crippen molar-refractivity contribution in [2.45, 2.75) is 50.2 Å². The molecule has 0 aliphatic carbocycles. The van der Waals surface area contributed by atoms with Gasteiger partial charge in [-0.25, -0.2) is 0 Å². The van der Waals surface area contributed by atoms with Crippen LogP contribution in [0.2, 0.25) is 0 Å². The Morgan fingerprint density at radius 3 is 2.41 bits per heavy atom. The third kappa shape index (κ3) is 4.57. The van der Waals surface area contributed by atoms with Crippen molar-refractivity contribution in [1.82, 2.24) is 0 Å². The summed E-state index contributed by atoms with van der Waals surface area (Å²) in [6.07, 6.45) is 0.422. The standard InChI is InChI=1S/C22H26O5/c23-12-11-18-19(24-14-16-7-3-1-4-8-16)13-20-21(26-18)15-25-22(27-20)17-9-5-2-6-10-17/h1-10,18-23H,11-15H2/t18-,19+,20-,21+,22+/m0/s1. The lowest BCUT2D eigenvalue weighted by atomic mass is 9.95. The largest absolute Gasteiger partial charge is 0.396 e. The lowest BCUT2D eigenvalue weighted by Gasteiger charge is -2.45. The zero-order chi connectivity index (χ0) is 18.5. The lowest BCUT2D eigenvalue weighted by Crippen LogP contribution is -2.53.